The summed E-state index contributed by atoms with van der Waals surface area (Å²) in [6.07, 6.45) is 0.796. The second-order valence-electron chi connectivity index (χ2n) is 4.83. The number of fused-ring (bicyclic) bond motifs is 1. The van der Waals surface area contributed by atoms with Gasteiger partial charge in [-0.25, -0.2) is 0 Å². The minimum absolute atomic E-state index is 0.101. The fourth-order valence-electron chi connectivity index (χ4n) is 2.25. The van der Waals surface area contributed by atoms with Crippen LogP contribution in [0, 0.1) is 0 Å². The average Bonchev–Trinajstić information content (AvgIpc) is 2.64. The third-order valence-electron chi connectivity index (χ3n) is 2.84. The third kappa shape index (κ3) is 2.35. The summed E-state index contributed by atoms with van der Waals surface area (Å²) in [6, 6.07) is 2.05. The topological polar surface area (TPSA) is 44.5 Å². The summed E-state index contributed by atoms with van der Waals surface area (Å²) >= 11 is 6.19. The quantitative estimate of drug-likeness (QED) is 0.903. The van der Waals surface area contributed by atoms with Crippen LogP contribution in [0.15, 0.2) is 6.07 Å². The van der Waals surface area contributed by atoms with Gasteiger partial charge in [-0.3, -0.25) is 0 Å². The van der Waals surface area contributed by atoms with Gasteiger partial charge in [-0.05, 0) is 30.9 Å². The molecule has 2 rings (SSSR count). The van der Waals surface area contributed by atoms with Crippen molar-refractivity contribution in [2.75, 3.05) is 6.79 Å². The van der Waals surface area contributed by atoms with E-state index in [0.717, 1.165) is 17.7 Å². The van der Waals surface area contributed by atoms with Gasteiger partial charge in [0.15, 0.2) is 11.5 Å². The second kappa shape index (κ2) is 4.75. The fraction of sp³-hybridized carbons (Fsp3) is 0.538. The summed E-state index contributed by atoms with van der Waals surface area (Å²) < 4.78 is 10.9. The standard InChI is InChI=1S/C13H18ClNO2/c1-7(2)11-9(4-8(3)15)5-10(14)12-13(11)17-6-16-12/h5,7-8H,4,6,15H2,1-3H3. The molecule has 17 heavy (non-hydrogen) atoms. The maximum atomic E-state index is 6.19. The van der Waals surface area contributed by atoms with E-state index in [2.05, 4.69) is 13.8 Å². The van der Waals surface area contributed by atoms with Gasteiger partial charge < -0.3 is 15.2 Å². The molecule has 94 valence electrons. The molecule has 1 atom stereocenters. The zero-order valence-electron chi connectivity index (χ0n) is 10.4. The van der Waals surface area contributed by atoms with Crippen molar-refractivity contribution < 1.29 is 9.47 Å². The summed E-state index contributed by atoms with van der Waals surface area (Å²) in [5.41, 5.74) is 8.20. The van der Waals surface area contributed by atoms with E-state index in [0.29, 0.717) is 16.7 Å². The Morgan fingerprint density at radius 2 is 1.94 bits per heavy atom. The van der Waals surface area contributed by atoms with Crippen LogP contribution in [0.4, 0.5) is 0 Å². The molecule has 2 N–H and O–H groups in total. The highest BCUT2D eigenvalue weighted by Crippen LogP contribution is 2.46. The number of nitrogens with two attached hydrogens (primary N) is 1. The van der Waals surface area contributed by atoms with Gasteiger partial charge in [-0.2, -0.15) is 0 Å². The van der Waals surface area contributed by atoms with Gasteiger partial charge in [0.25, 0.3) is 0 Å². The number of rotatable bonds is 3. The Morgan fingerprint density at radius 3 is 2.53 bits per heavy atom. The Kier molecular flexibility index (Phi) is 3.50. The maximum absolute atomic E-state index is 6.19. The predicted octanol–water partition coefficient (Wildman–Crippen LogP) is 3.08. The Labute approximate surface area is 107 Å². The molecule has 1 aliphatic rings. The van der Waals surface area contributed by atoms with Crippen LogP contribution in [0.5, 0.6) is 11.5 Å². The van der Waals surface area contributed by atoms with E-state index >= 15 is 0 Å². The molecule has 0 aliphatic carbocycles. The largest absolute Gasteiger partial charge is 0.453 e. The highest BCUT2D eigenvalue weighted by molar-refractivity contribution is 6.32. The van der Waals surface area contributed by atoms with Crippen LogP contribution >= 0.6 is 11.6 Å². The summed E-state index contributed by atoms with van der Waals surface area (Å²) in [7, 11) is 0. The fourth-order valence-corrected chi connectivity index (χ4v) is 2.52. The van der Waals surface area contributed by atoms with Crippen LogP contribution in [0.25, 0.3) is 0 Å². The first kappa shape index (κ1) is 12.5. The first-order valence-corrected chi connectivity index (χ1v) is 6.25. The molecule has 0 saturated carbocycles. The lowest BCUT2D eigenvalue weighted by Crippen LogP contribution is -2.19. The van der Waals surface area contributed by atoms with Gasteiger partial charge in [0, 0.05) is 11.6 Å². The molecule has 0 spiro atoms. The molecular formula is C13H18ClNO2. The first-order chi connectivity index (χ1) is 8.00. The zero-order chi connectivity index (χ0) is 12.6. The van der Waals surface area contributed by atoms with Gasteiger partial charge in [-0.15, -0.1) is 0 Å². The minimum Gasteiger partial charge on any atom is -0.453 e. The number of halogens is 1. The number of hydrogen-bond donors (Lipinski definition) is 1. The lowest BCUT2D eigenvalue weighted by molar-refractivity contribution is 0.173. The Balaban J connectivity index is 2.55. The molecule has 1 unspecified atom stereocenters. The second-order valence-corrected chi connectivity index (χ2v) is 5.24. The lowest BCUT2D eigenvalue weighted by Gasteiger charge is -2.17. The van der Waals surface area contributed by atoms with Crippen molar-refractivity contribution in [3.8, 4) is 11.5 Å². The summed E-state index contributed by atoms with van der Waals surface area (Å²) in [4.78, 5) is 0. The summed E-state index contributed by atoms with van der Waals surface area (Å²) in [5, 5.41) is 0.609. The van der Waals surface area contributed by atoms with Crippen LogP contribution in [-0.4, -0.2) is 12.8 Å². The van der Waals surface area contributed by atoms with E-state index in [4.69, 9.17) is 26.8 Å². The van der Waals surface area contributed by atoms with Gasteiger partial charge in [-0.1, -0.05) is 25.4 Å². The molecule has 3 nitrogen and oxygen atoms in total. The number of hydrogen-bond acceptors (Lipinski definition) is 3. The summed E-state index contributed by atoms with van der Waals surface area (Å²) in [5.74, 6) is 1.82. The highest BCUT2D eigenvalue weighted by atomic mass is 35.5. The molecule has 1 heterocycles. The zero-order valence-corrected chi connectivity index (χ0v) is 11.2. The van der Waals surface area contributed by atoms with E-state index in [1.165, 1.54) is 5.56 Å². The molecule has 1 aromatic rings. The monoisotopic (exact) mass is 255 g/mol. The van der Waals surface area contributed by atoms with Crippen molar-refractivity contribution in [2.45, 2.75) is 39.2 Å². The number of benzene rings is 1. The molecule has 1 aromatic carbocycles. The molecule has 0 saturated heterocycles. The first-order valence-electron chi connectivity index (χ1n) is 5.87. The molecule has 1 aliphatic heterocycles. The Morgan fingerprint density at radius 1 is 1.29 bits per heavy atom. The van der Waals surface area contributed by atoms with Crippen LogP contribution < -0.4 is 15.2 Å². The van der Waals surface area contributed by atoms with Gasteiger partial charge in [0.05, 0.1) is 5.02 Å². The van der Waals surface area contributed by atoms with Gasteiger partial charge in [0.1, 0.15) is 0 Å². The van der Waals surface area contributed by atoms with Crippen LogP contribution in [0.2, 0.25) is 5.02 Å². The van der Waals surface area contributed by atoms with E-state index in [9.17, 15) is 0 Å². The molecule has 4 heteroatoms. The lowest BCUT2D eigenvalue weighted by atomic mass is 9.92. The number of ether oxygens (including phenoxy) is 2. The van der Waals surface area contributed by atoms with E-state index in [1.807, 2.05) is 13.0 Å². The third-order valence-corrected chi connectivity index (χ3v) is 3.12. The van der Waals surface area contributed by atoms with Crippen molar-refractivity contribution in [2.24, 2.45) is 5.73 Å². The molecular weight excluding hydrogens is 238 g/mol. The average molecular weight is 256 g/mol. The van der Waals surface area contributed by atoms with E-state index in [-0.39, 0.29) is 12.8 Å². The van der Waals surface area contributed by atoms with Crippen LogP contribution in [-0.2, 0) is 6.42 Å². The van der Waals surface area contributed by atoms with Crippen molar-refractivity contribution in [3.63, 3.8) is 0 Å². The molecule has 0 amide bonds. The Hall–Kier alpha value is -0.930. The molecule has 0 aromatic heterocycles. The van der Waals surface area contributed by atoms with Gasteiger partial charge in [0.2, 0.25) is 6.79 Å². The Bertz CT molecular complexity index is 430. The molecule has 0 radical (unpaired) electrons. The highest BCUT2D eigenvalue weighted by Gasteiger charge is 2.26. The van der Waals surface area contributed by atoms with Crippen molar-refractivity contribution in [3.05, 3.63) is 22.2 Å². The molecule has 0 bridgehead atoms. The maximum Gasteiger partial charge on any atom is 0.231 e. The van der Waals surface area contributed by atoms with E-state index in [1.54, 1.807) is 0 Å². The van der Waals surface area contributed by atoms with E-state index < -0.39 is 0 Å². The van der Waals surface area contributed by atoms with Crippen molar-refractivity contribution in [1.29, 1.82) is 0 Å². The predicted molar refractivity (Wildman–Crippen MR) is 69.0 cm³/mol. The van der Waals surface area contributed by atoms with Crippen LogP contribution in [0.1, 0.15) is 37.8 Å². The van der Waals surface area contributed by atoms with Gasteiger partial charge >= 0.3 is 0 Å². The SMILES string of the molecule is CC(N)Cc1cc(Cl)c2c(c1C(C)C)OCO2. The minimum atomic E-state index is 0.101. The summed E-state index contributed by atoms with van der Waals surface area (Å²) in [6.45, 7) is 6.50. The normalized spacial score (nSPS) is 15.4. The van der Waals surface area contributed by atoms with Crippen molar-refractivity contribution >= 4 is 11.6 Å². The van der Waals surface area contributed by atoms with Crippen LogP contribution in [0.3, 0.4) is 0 Å². The molecule has 0 fully saturated rings. The van der Waals surface area contributed by atoms with Crippen molar-refractivity contribution in [1.82, 2.24) is 0 Å². The smallest absolute Gasteiger partial charge is 0.231 e.